The molecule has 4 rings (SSSR count). The summed E-state index contributed by atoms with van der Waals surface area (Å²) < 4.78 is 11.5. The highest BCUT2D eigenvalue weighted by Gasteiger charge is 2.39. The molecule has 1 aromatic heterocycles. The lowest BCUT2D eigenvalue weighted by atomic mass is 10.0. The average molecular weight is 388 g/mol. The fraction of sp³-hybridized carbons (Fsp3) is 0.400. The summed E-state index contributed by atoms with van der Waals surface area (Å²) in [4.78, 5) is 18.9. The first kappa shape index (κ1) is 18.2. The molecule has 0 saturated carbocycles. The Morgan fingerprint density at radius 3 is 2.44 bits per heavy atom. The zero-order valence-corrected chi connectivity index (χ0v) is 15.7. The Kier molecular flexibility index (Phi) is 5.29. The van der Waals surface area contributed by atoms with Crippen molar-refractivity contribution in [1.82, 2.24) is 10.3 Å². The molecule has 142 valence electrons. The SMILES string of the molecule is O=C(NCc1ccc(Cl)cc1)c1ccc(N2CCC3(CC2)OCCO3)cn1. The number of carbonyl (C=O) groups is 1. The van der Waals surface area contributed by atoms with Gasteiger partial charge in [-0.25, -0.2) is 4.98 Å². The Morgan fingerprint density at radius 1 is 1.11 bits per heavy atom. The van der Waals surface area contributed by atoms with E-state index in [1.54, 1.807) is 24.4 Å². The maximum absolute atomic E-state index is 12.3. The highest BCUT2D eigenvalue weighted by Crippen LogP contribution is 2.32. The summed E-state index contributed by atoms with van der Waals surface area (Å²) in [7, 11) is 0. The van der Waals surface area contributed by atoms with Gasteiger partial charge in [0.15, 0.2) is 5.79 Å². The molecule has 3 heterocycles. The van der Waals surface area contributed by atoms with Crippen molar-refractivity contribution in [3.8, 4) is 0 Å². The number of benzene rings is 1. The van der Waals surface area contributed by atoms with Gasteiger partial charge in [0.05, 0.1) is 25.1 Å². The molecule has 2 aliphatic heterocycles. The molecule has 6 nitrogen and oxygen atoms in total. The number of hydrogen-bond donors (Lipinski definition) is 1. The van der Waals surface area contributed by atoms with E-state index in [1.807, 2.05) is 18.2 Å². The van der Waals surface area contributed by atoms with Crippen LogP contribution in [0.25, 0.3) is 0 Å². The van der Waals surface area contributed by atoms with Crippen LogP contribution in [0.1, 0.15) is 28.9 Å². The predicted molar refractivity (Wildman–Crippen MR) is 103 cm³/mol. The number of amides is 1. The molecule has 1 spiro atoms. The fourth-order valence-electron chi connectivity index (χ4n) is 3.47. The van der Waals surface area contributed by atoms with Crippen LogP contribution < -0.4 is 10.2 Å². The summed E-state index contributed by atoms with van der Waals surface area (Å²) in [6, 6.07) is 11.1. The minimum atomic E-state index is -0.384. The van der Waals surface area contributed by atoms with Crippen LogP contribution in [0.5, 0.6) is 0 Å². The van der Waals surface area contributed by atoms with Crippen LogP contribution >= 0.6 is 11.6 Å². The number of hydrogen-bond acceptors (Lipinski definition) is 5. The molecule has 0 radical (unpaired) electrons. The van der Waals surface area contributed by atoms with Crippen LogP contribution in [-0.4, -0.2) is 43.0 Å². The number of rotatable bonds is 4. The molecule has 0 atom stereocenters. The highest BCUT2D eigenvalue weighted by atomic mass is 35.5. The summed E-state index contributed by atoms with van der Waals surface area (Å²) in [6.45, 7) is 3.50. The lowest BCUT2D eigenvalue weighted by Crippen LogP contribution is -2.45. The number of piperidine rings is 1. The Morgan fingerprint density at radius 2 is 1.81 bits per heavy atom. The van der Waals surface area contributed by atoms with Crippen molar-refractivity contribution >= 4 is 23.2 Å². The molecule has 2 saturated heterocycles. The molecule has 7 heteroatoms. The first-order valence-electron chi connectivity index (χ1n) is 9.15. The zero-order valence-electron chi connectivity index (χ0n) is 15.0. The van der Waals surface area contributed by atoms with Crippen LogP contribution in [0.2, 0.25) is 5.02 Å². The smallest absolute Gasteiger partial charge is 0.270 e. The monoisotopic (exact) mass is 387 g/mol. The summed E-state index contributed by atoms with van der Waals surface area (Å²) in [5.74, 6) is -0.576. The molecule has 0 bridgehead atoms. The van der Waals surface area contributed by atoms with Gasteiger partial charge in [-0.1, -0.05) is 23.7 Å². The van der Waals surface area contributed by atoms with Gasteiger partial charge in [0.25, 0.3) is 5.91 Å². The molecule has 2 aromatic rings. The predicted octanol–water partition coefficient (Wildman–Crippen LogP) is 3.01. The van der Waals surface area contributed by atoms with Crippen LogP contribution in [0.3, 0.4) is 0 Å². The maximum Gasteiger partial charge on any atom is 0.270 e. The second-order valence-corrected chi connectivity index (χ2v) is 7.24. The molecule has 27 heavy (non-hydrogen) atoms. The molecular formula is C20H22ClN3O3. The Labute approximate surface area is 163 Å². The first-order valence-corrected chi connectivity index (χ1v) is 9.53. The topological polar surface area (TPSA) is 63.7 Å². The third-order valence-corrected chi connectivity index (χ3v) is 5.30. The molecule has 2 fully saturated rings. The van der Waals surface area contributed by atoms with E-state index in [1.165, 1.54) is 0 Å². The van der Waals surface area contributed by atoms with Crippen molar-refractivity contribution in [1.29, 1.82) is 0 Å². The van der Waals surface area contributed by atoms with Gasteiger partial charge in [-0.3, -0.25) is 4.79 Å². The van der Waals surface area contributed by atoms with E-state index in [0.717, 1.165) is 37.2 Å². The summed E-state index contributed by atoms with van der Waals surface area (Å²) in [5.41, 5.74) is 2.41. The zero-order chi connectivity index (χ0) is 18.7. The van der Waals surface area contributed by atoms with Crippen molar-refractivity contribution < 1.29 is 14.3 Å². The number of aromatic nitrogens is 1. The molecule has 0 unspecified atom stereocenters. The largest absolute Gasteiger partial charge is 0.370 e. The lowest BCUT2D eigenvalue weighted by molar-refractivity contribution is -0.169. The van der Waals surface area contributed by atoms with Gasteiger partial charge in [-0.15, -0.1) is 0 Å². The van der Waals surface area contributed by atoms with Crippen molar-refractivity contribution in [2.24, 2.45) is 0 Å². The third kappa shape index (κ3) is 4.24. The van der Waals surface area contributed by atoms with E-state index >= 15 is 0 Å². The number of halogens is 1. The van der Waals surface area contributed by atoms with Gasteiger partial charge in [-0.2, -0.15) is 0 Å². The standard InChI is InChI=1S/C20H22ClN3O3/c21-16-3-1-15(2-4-16)13-23-19(25)18-6-5-17(14-22-18)24-9-7-20(8-10-24)26-11-12-27-20/h1-6,14H,7-13H2,(H,23,25). The number of pyridine rings is 1. The number of nitrogens with zero attached hydrogens (tertiary/aromatic N) is 2. The quantitative estimate of drug-likeness (QED) is 0.873. The minimum Gasteiger partial charge on any atom is -0.370 e. The van der Waals surface area contributed by atoms with Crippen molar-refractivity contribution in [3.63, 3.8) is 0 Å². The van der Waals surface area contributed by atoms with Gasteiger partial charge >= 0.3 is 0 Å². The Balaban J connectivity index is 1.32. The van der Waals surface area contributed by atoms with E-state index in [0.29, 0.717) is 30.5 Å². The maximum atomic E-state index is 12.3. The summed E-state index contributed by atoms with van der Waals surface area (Å²) in [6.07, 6.45) is 3.44. The van der Waals surface area contributed by atoms with E-state index in [4.69, 9.17) is 21.1 Å². The van der Waals surface area contributed by atoms with E-state index in [9.17, 15) is 4.79 Å². The van der Waals surface area contributed by atoms with Gasteiger partial charge in [0, 0.05) is 37.5 Å². The molecule has 1 amide bonds. The fourth-order valence-corrected chi connectivity index (χ4v) is 3.60. The number of nitrogens with one attached hydrogen (secondary N) is 1. The average Bonchev–Trinajstić information content (AvgIpc) is 3.16. The Hall–Kier alpha value is -2.15. The van der Waals surface area contributed by atoms with Crippen molar-refractivity contribution in [3.05, 3.63) is 58.9 Å². The van der Waals surface area contributed by atoms with E-state index in [-0.39, 0.29) is 11.7 Å². The van der Waals surface area contributed by atoms with Crippen LogP contribution in [0, 0.1) is 0 Å². The molecule has 1 N–H and O–H groups in total. The molecular weight excluding hydrogens is 366 g/mol. The van der Waals surface area contributed by atoms with Gasteiger partial charge < -0.3 is 19.7 Å². The van der Waals surface area contributed by atoms with Crippen LogP contribution in [0.4, 0.5) is 5.69 Å². The number of anilines is 1. The Bertz CT molecular complexity index is 779. The molecule has 1 aromatic carbocycles. The minimum absolute atomic E-state index is 0.193. The summed E-state index contributed by atoms with van der Waals surface area (Å²) in [5, 5.41) is 3.55. The van der Waals surface area contributed by atoms with Gasteiger partial charge in [-0.05, 0) is 29.8 Å². The highest BCUT2D eigenvalue weighted by molar-refractivity contribution is 6.30. The van der Waals surface area contributed by atoms with Gasteiger partial charge in [0.2, 0.25) is 0 Å². The normalized spacial score (nSPS) is 18.6. The molecule has 0 aliphatic carbocycles. The second-order valence-electron chi connectivity index (χ2n) is 6.81. The van der Waals surface area contributed by atoms with E-state index in [2.05, 4.69) is 15.2 Å². The van der Waals surface area contributed by atoms with Crippen LogP contribution in [-0.2, 0) is 16.0 Å². The van der Waals surface area contributed by atoms with Crippen LogP contribution in [0.15, 0.2) is 42.6 Å². The second kappa shape index (κ2) is 7.84. The van der Waals surface area contributed by atoms with Gasteiger partial charge in [0.1, 0.15) is 5.69 Å². The third-order valence-electron chi connectivity index (χ3n) is 5.05. The lowest BCUT2D eigenvalue weighted by Gasteiger charge is -2.38. The number of ether oxygens (including phenoxy) is 2. The number of carbonyl (C=O) groups excluding carboxylic acids is 1. The van der Waals surface area contributed by atoms with E-state index < -0.39 is 0 Å². The molecule has 2 aliphatic rings. The van der Waals surface area contributed by atoms with Crippen molar-refractivity contribution in [2.75, 3.05) is 31.2 Å². The van der Waals surface area contributed by atoms with Crippen molar-refractivity contribution in [2.45, 2.75) is 25.2 Å². The summed E-state index contributed by atoms with van der Waals surface area (Å²) >= 11 is 5.87. The first-order chi connectivity index (χ1) is 13.1.